The lowest BCUT2D eigenvalue weighted by molar-refractivity contribution is -0.191. The summed E-state index contributed by atoms with van der Waals surface area (Å²) in [5.74, 6) is 0.475. The van der Waals surface area contributed by atoms with Gasteiger partial charge in [0.15, 0.2) is 0 Å². The maximum Gasteiger partial charge on any atom is 0.373 e. The summed E-state index contributed by atoms with van der Waals surface area (Å²) in [5.41, 5.74) is 19.0. The molecule has 0 atom stereocenters. The van der Waals surface area contributed by atoms with E-state index in [4.69, 9.17) is 34.3 Å². The van der Waals surface area contributed by atoms with Crippen LogP contribution in [0.2, 0.25) is 0 Å². The van der Waals surface area contributed by atoms with Crippen molar-refractivity contribution in [3.8, 4) is 11.5 Å². The molecule has 0 saturated heterocycles. The fraction of sp³-hybridized carbons (Fsp3) is 0.481. The molecule has 0 fully saturated rings. The van der Waals surface area contributed by atoms with Crippen molar-refractivity contribution in [1.29, 1.82) is 0 Å². The first-order valence-corrected chi connectivity index (χ1v) is 34.6. The Morgan fingerprint density at radius 2 is 0.876 bits per heavy atom. The highest BCUT2D eigenvalue weighted by molar-refractivity contribution is 6.19. The van der Waals surface area contributed by atoms with Crippen molar-refractivity contribution in [3.05, 3.63) is 171 Å². The monoisotopic (exact) mass is 1320 g/mol. The van der Waals surface area contributed by atoms with E-state index in [0.717, 1.165) is 97.7 Å². The van der Waals surface area contributed by atoms with E-state index >= 15 is 0 Å². The van der Waals surface area contributed by atoms with Crippen molar-refractivity contribution >= 4 is 64.1 Å². The highest BCUT2D eigenvalue weighted by Gasteiger charge is 2.42. The highest BCUT2D eigenvalue weighted by atomic mass is 16.5. The second-order valence-corrected chi connectivity index (χ2v) is 30.6. The number of hydrogen-bond acceptors (Lipinski definition) is 14. The number of fused-ring (bicyclic) bond motifs is 5. The number of nitrogens with zero attached hydrogens (tertiary/aromatic N) is 8. The third kappa shape index (κ3) is 16.8. The van der Waals surface area contributed by atoms with Crippen LogP contribution in [-0.2, 0) is 42.1 Å². The van der Waals surface area contributed by atoms with Gasteiger partial charge in [-0.2, -0.15) is 9.59 Å². The molecule has 3 heterocycles. The van der Waals surface area contributed by atoms with Gasteiger partial charge >= 0.3 is 18.1 Å². The molecule has 4 aliphatic rings. The molecule has 0 radical (unpaired) electrons. The molecule has 0 amide bonds. The number of aliphatic imine (C=N–C) groups is 1. The van der Waals surface area contributed by atoms with Gasteiger partial charge in [0, 0.05) is 57.1 Å². The van der Waals surface area contributed by atoms with E-state index in [1.807, 2.05) is 23.9 Å². The summed E-state index contributed by atoms with van der Waals surface area (Å²) in [6.07, 6.45) is 20.4. The first kappa shape index (κ1) is 74.0. The molecule has 1 aliphatic heterocycles. The van der Waals surface area contributed by atoms with Crippen molar-refractivity contribution in [2.75, 3.05) is 49.1 Å². The van der Waals surface area contributed by atoms with Gasteiger partial charge in [0.25, 0.3) is 0 Å². The van der Waals surface area contributed by atoms with Gasteiger partial charge in [0.05, 0.1) is 58.5 Å². The number of aromatic carboxylic acids is 2. The number of carboxylic acids is 2. The number of rotatable bonds is 18. The Kier molecular flexibility index (Phi) is 23.2. The van der Waals surface area contributed by atoms with E-state index in [0.29, 0.717) is 25.1 Å². The molecule has 16 nitrogen and oxygen atoms in total. The number of carbonyl (C=O) groups is 2. The van der Waals surface area contributed by atoms with Crippen LogP contribution in [-0.4, -0.2) is 88.3 Å². The lowest BCUT2D eigenvalue weighted by Gasteiger charge is -2.43. The van der Waals surface area contributed by atoms with E-state index in [-0.39, 0.29) is 49.8 Å². The van der Waals surface area contributed by atoms with Gasteiger partial charge in [0.1, 0.15) is 11.5 Å². The van der Waals surface area contributed by atoms with Crippen LogP contribution in [0.5, 0.6) is 11.5 Å². The predicted octanol–water partition coefficient (Wildman–Crippen LogP) is 19.1. The maximum atomic E-state index is 11.2. The van der Waals surface area contributed by atoms with Crippen molar-refractivity contribution in [2.24, 2.45) is 4.99 Å². The number of carbonyl (C=O) groups excluding carboxylic acids is 2. The molecular weight excluding hydrogens is 1210 g/mol. The molecule has 16 heteroatoms. The maximum absolute atomic E-state index is 11.2. The molecule has 516 valence electrons. The van der Waals surface area contributed by atoms with Crippen LogP contribution in [0, 0.1) is 6.92 Å². The average Bonchev–Trinajstić information content (AvgIpc) is 1.68. The quantitative estimate of drug-likeness (QED) is 0.0768. The summed E-state index contributed by atoms with van der Waals surface area (Å²) in [7, 11) is 5.99. The molecular formula is C81H104N8O8. The minimum Gasteiger partial charge on any atom is -0.491 e. The van der Waals surface area contributed by atoms with Gasteiger partial charge in [-0.15, -0.1) is 0 Å². The van der Waals surface area contributed by atoms with Crippen molar-refractivity contribution < 1.29 is 38.9 Å². The van der Waals surface area contributed by atoms with Crippen LogP contribution in [0.4, 0.5) is 40.3 Å². The average molecular weight is 1320 g/mol. The summed E-state index contributed by atoms with van der Waals surface area (Å²) in [4.78, 5) is 67.1. The van der Waals surface area contributed by atoms with E-state index in [1.165, 1.54) is 106 Å². The highest BCUT2D eigenvalue weighted by Crippen LogP contribution is 2.53. The number of unbranched alkanes of at least 4 members (excludes halogenated alkanes) is 5. The molecule has 2 N–H and O–H groups in total. The standard InChI is InChI=1S/C29H32N2.C26H37N3O3.C25H35N3O3.CO2/c1-19-12-13-25-24(16-19)30-27(20-10-8-7-9-11-20)21-17-22-23(18-26(21)31(25)6)29(4,5)15-14-28(22,2)3;1-7-8-9-10-13-32-22-15-20-19(25(2,3)11-12-26(20,4)5)14-21(22)29(6)24-27-16-18(17-28-24)23(30)31;1-7-8-9-12-31-21-14-19-18(24(2,3)10-11-25(19,4)5)13-20(21)28(6)23-26-15-17(16-27-23)22(29)30;2-1-3/h7-13,16-18H,14-15H2,1-6H3;14-17H,7-13H2,1-6H3,(H,30,31);13-16H,7-12H2,1-6H3,(H,29,30);. The second kappa shape index (κ2) is 30.3. The van der Waals surface area contributed by atoms with Crippen LogP contribution in [0.25, 0.3) is 0 Å². The predicted molar refractivity (Wildman–Crippen MR) is 390 cm³/mol. The Bertz CT molecular complexity index is 4000. The van der Waals surface area contributed by atoms with Crippen LogP contribution in [0.1, 0.15) is 251 Å². The third-order valence-corrected chi connectivity index (χ3v) is 20.6. The van der Waals surface area contributed by atoms with Gasteiger partial charge in [0.2, 0.25) is 11.9 Å². The summed E-state index contributed by atoms with van der Waals surface area (Å²) in [6.45, 7) is 35.9. The molecule has 0 unspecified atom stereocenters. The van der Waals surface area contributed by atoms with E-state index < -0.39 is 11.9 Å². The largest absolute Gasteiger partial charge is 0.491 e. The summed E-state index contributed by atoms with van der Waals surface area (Å²) in [5, 5.41) is 18.3. The summed E-state index contributed by atoms with van der Waals surface area (Å²) in [6, 6.07) is 31.0. The number of hydrogen-bond donors (Lipinski definition) is 2. The smallest absolute Gasteiger partial charge is 0.373 e. The molecule has 11 rings (SSSR count). The summed E-state index contributed by atoms with van der Waals surface area (Å²) < 4.78 is 12.6. The van der Waals surface area contributed by atoms with Gasteiger partial charge in [-0.05, 0) is 178 Å². The number of anilines is 6. The fourth-order valence-electron chi connectivity index (χ4n) is 13.8. The Morgan fingerprint density at radius 3 is 1.28 bits per heavy atom. The van der Waals surface area contributed by atoms with Crippen molar-refractivity contribution in [2.45, 2.75) is 220 Å². The number of ether oxygens (including phenoxy) is 2. The summed E-state index contributed by atoms with van der Waals surface area (Å²) >= 11 is 0. The van der Waals surface area contributed by atoms with Crippen LogP contribution >= 0.6 is 0 Å². The SMILES string of the molecule is CCCCCCOc1cc2c(cc1N(C)c1ncc(C(=O)O)cn1)C(C)(C)CCC2(C)C.CCCCCOc1cc2c(cc1N(C)c1ncc(C(=O)O)cn1)C(C)(C)CCC2(C)C.Cc1ccc2c(c1)N=C(c1ccccc1)c1cc3c(cc1N2C)C(C)(C)CCC3(C)C.O=C=O. The first-order valence-electron chi connectivity index (χ1n) is 34.6. The molecule has 97 heavy (non-hydrogen) atoms. The van der Waals surface area contributed by atoms with Gasteiger partial charge < -0.3 is 34.4 Å². The Morgan fingerprint density at radius 1 is 0.505 bits per heavy atom. The number of aromatic nitrogens is 4. The zero-order valence-electron chi connectivity index (χ0n) is 60.9. The van der Waals surface area contributed by atoms with Gasteiger partial charge in [-0.25, -0.2) is 34.5 Å². The normalized spacial score (nSPS) is 16.6. The zero-order valence-corrected chi connectivity index (χ0v) is 60.9. The van der Waals surface area contributed by atoms with Crippen LogP contribution in [0.3, 0.4) is 0 Å². The van der Waals surface area contributed by atoms with Crippen molar-refractivity contribution in [1.82, 2.24) is 19.9 Å². The molecule has 0 saturated carbocycles. The number of carboxylic acid groups (broad SMARTS) is 2. The fourth-order valence-corrected chi connectivity index (χ4v) is 13.8. The van der Waals surface area contributed by atoms with E-state index in [2.05, 4.69) is 221 Å². The minimum atomic E-state index is -1.04. The Hall–Kier alpha value is -8.75. The molecule has 2 aromatic heterocycles. The lowest BCUT2D eigenvalue weighted by atomic mass is 9.62. The second-order valence-electron chi connectivity index (χ2n) is 30.6. The molecule has 0 bridgehead atoms. The first-order chi connectivity index (χ1) is 45.7. The topological polar surface area (TPSA) is 201 Å². The molecule has 7 aromatic rings. The van der Waals surface area contributed by atoms with Crippen LogP contribution in [0.15, 0.2) is 115 Å². The molecule has 3 aliphatic carbocycles. The number of aryl methyl sites for hydroxylation is 1. The van der Waals surface area contributed by atoms with Crippen molar-refractivity contribution in [3.63, 3.8) is 0 Å². The Balaban J connectivity index is 0.000000182. The Labute approximate surface area is 576 Å². The third-order valence-electron chi connectivity index (χ3n) is 20.6. The van der Waals surface area contributed by atoms with E-state index in [1.54, 1.807) is 0 Å². The number of benzene rings is 5. The van der Waals surface area contributed by atoms with E-state index in [9.17, 15) is 9.59 Å². The molecule has 0 spiro atoms. The zero-order chi connectivity index (χ0) is 71.0. The minimum absolute atomic E-state index is 0.0636. The lowest BCUT2D eigenvalue weighted by Crippen LogP contribution is -2.34. The van der Waals surface area contributed by atoms with Gasteiger partial charge in [-0.1, -0.05) is 165 Å². The van der Waals surface area contributed by atoms with Crippen LogP contribution < -0.4 is 24.2 Å². The van der Waals surface area contributed by atoms with Gasteiger partial charge in [-0.3, -0.25) is 0 Å². The molecule has 5 aromatic carbocycles.